The maximum atomic E-state index is 12.6. The molecule has 2 aliphatic rings. The number of rotatable bonds is 6. The summed E-state index contributed by atoms with van der Waals surface area (Å²) in [4.78, 5) is 14.7. The molecule has 0 unspecified atom stereocenters. The second-order valence-corrected chi connectivity index (χ2v) is 7.75. The summed E-state index contributed by atoms with van der Waals surface area (Å²) in [6.45, 7) is 2.96. The molecule has 1 N–H and O–H groups in total. The summed E-state index contributed by atoms with van der Waals surface area (Å²) in [5.41, 5.74) is 3.51. The summed E-state index contributed by atoms with van der Waals surface area (Å²) >= 11 is 0. The molecule has 0 spiro atoms. The van der Waals surface area contributed by atoms with Gasteiger partial charge in [0, 0.05) is 19.1 Å². The van der Waals surface area contributed by atoms with Gasteiger partial charge in [0.15, 0.2) is 0 Å². The van der Waals surface area contributed by atoms with Gasteiger partial charge in [-0.2, -0.15) is 0 Å². The molecule has 0 aromatic heterocycles. The lowest BCUT2D eigenvalue weighted by atomic mass is 10.0. The summed E-state index contributed by atoms with van der Waals surface area (Å²) in [6, 6.07) is 19.4. The minimum absolute atomic E-state index is 0.262. The molecule has 1 aliphatic carbocycles. The fraction of sp³-hybridized carbons (Fsp3) is 0.435. The van der Waals surface area contributed by atoms with E-state index in [1.807, 2.05) is 11.0 Å². The highest BCUT2D eigenvalue weighted by Gasteiger charge is 2.25. The Morgan fingerprint density at radius 3 is 2.19 bits per heavy atom. The number of amides is 1. The van der Waals surface area contributed by atoms with Crippen LogP contribution in [0, 0.1) is 5.92 Å². The van der Waals surface area contributed by atoms with Crippen LogP contribution in [-0.2, 0) is 11.2 Å². The van der Waals surface area contributed by atoms with Crippen molar-refractivity contribution in [3.63, 3.8) is 0 Å². The molecule has 2 fully saturated rings. The molecule has 2 aromatic rings. The molecule has 4 rings (SSSR count). The summed E-state index contributed by atoms with van der Waals surface area (Å²) < 4.78 is 0. The van der Waals surface area contributed by atoms with E-state index in [1.54, 1.807) is 0 Å². The van der Waals surface area contributed by atoms with Gasteiger partial charge < -0.3 is 10.2 Å². The van der Waals surface area contributed by atoms with E-state index in [0.717, 1.165) is 37.4 Å². The quantitative estimate of drug-likeness (QED) is 0.859. The molecule has 1 saturated carbocycles. The third-order valence-corrected chi connectivity index (χ3v) is 5.66. The number of nitrogens with one attached hydrogen (secondary N) is 1. The van der Waals surface area contributed by atoms with E-state index in [4.69, 9.17) is 0 Å². The number of hydrogen-bond acceptors (Lipinski definition) is 2. The zero-order valence-corrected chi connectivity index (χ0v) is 15.4. The highest BCUT2D eigenvalue weighted by atomic mass is 16.2. The van der Waals surface area contributed by atoms with Gasteiger partial charge in [-0.15, -0.1) is 0 Å². The van der Waals surface area contributed by atoms with Crippen LogP contribution >= 0.6 is 0 Å². The summed E-state index contributed by atoms with van der Waals surface area (Å²) in [5, 5.41) is 3.68. The van der Waals surface area contributed by atoms with Gasteiger partial charge in [-0.25, -0.2) is 0 Å². The number of nitrogens with zero attached hydrogens (tertiary/aromatic N) is 1. The van der Waals surface area contributed by atoms with Crippen LogP contribution in [0.3, 0.4) is 0 Å². The van der Waals surface area contributed by atoms with Crippen LogP contribution in [0.2, 0.25) is 0 Å². The Labute approximate surface area is 156 Å². The summed E-state index contributed by atoms with van der Waals surface area (Å²) in [5.74, 6) is 1.19. The number of piperidine rings is 1. The molecule has 1 heterocycles. The molecule has 26 heavy (non-hydrogen) atoms. The number of carbonyl (C=O) groups excluding carboxylic acids is 1. The van der Waals surface area contributed by atoms with Crippen LogP contribution in [0.25, 0.3) is 11.1 Å². The van der Waals surface area contributed by atoms with Crippen molar-refractivity contribution in [2.45, 2.75) is 38.1 Å². The minimum atomic E-state index is 0.262. The minimum Gasteiger partial charge on any atom is -0.342 e. The molecule has 1 amide bonds. The van der Waals surface area contributed by atoms with Crippen molar-refractivity contribution in [1.29, 1.82) is 0 Å². The maximum absolute atomic E-state index is 12.6. The molecule has 2 aromatic carbocycles. The standard InChI is InChI=1S/C23H28N2O/c26-23(25-14-12-22(13-15-25)24-17-19-6-7-19)16-18-8-10-21(11-9-18)20-4-2-1-3-5-20/h1-5,8-11,19,22,24H,6-7,12-17H2. The van der Waals surface area contributed by atoms with Gasteiger partial charge >= 0.3 is 0 Å². The van der Waals surface area contributed by atoms with Gasteiger partial charge in [-0.1, -0.05) is 54.6 Å². The van der Waals surface area contributed by atoms with Crippen LogP contribution in [0.15, 0.2) is 54.6 Å². The molecule has 136 valence electrons. The second-order valence-electron chi connectivity index (χ2n) is 7.75. The molecular formula is C23H28N2O. The van der Waals surface area contributed by atoms with Crippen molar-refractivity contribution < 1.29 is 4.79 Å². The molecule has 1 aliphatic heterocycles. The van der Waals surface area contributed by atoms with E-state index in [0.29, 0.717) is 12.5 Å². The Bertz CT molecular complexity index is 714. The average Bonchev–Trinajstić information content (AvgIpc) is 3.52. The second kappa shape index (κ2) is 8.05. The number of hydrogen-bond donors (Lipinski definition) is 1. The number of likely N-dealkylation sites (tertiary alicyclic amines) is 1. The molecular weight excluding hydrogens is 320 g/mol. The third-order valence-electron chi connectivity index (χ3n) is 5.66. The number of carbonyl (C=O) groups is 1. The van der Waals surface area contributed by atoms with Crippen molar-refractivity contribution >= 4 is 5.91 Å². The van der Waals surface area contributed by atoms with Crippen molar-refractivity contribution in [2.24, 2.45) is 5.92 Å². The van der Waals surface area contributed by atoms with Crippen molar-refractivity contribution in [3.05, 3.63) is 60.2 Å². The SMILES string of the molecule is O=C(Cc1ccc(-c2ccccc2)cc1)N1CCC(NCC2CC2)CC1. The largest absolute Gasteiger partial charge is 0.342 e. The van der Waals surface area contributed by atoms with E-state index in [-0.39, 0.29) is 5.91 Å². The van der Waals surface area contributed by atoms with E-state index in [2.05, 4.69) is 53.8 Å². The van der Waals surface area contributed by atoms with Gasteiger partial charge in [0.25, 0.3) is 0 Å². The van der Waals surface area contributed by atoms with E-state index in [9.17, 15) is 4.79 Å². The van der Waals surface area contributed by atoms with Crippen LogP contribution in [0.5, 0.6) is 0 Å². The lowest BCUT2D eigenvalue weighted by Crippen LogP contribution is -2.45. The van der Waals surface area contributed by atoms with E-state index in [1.165, 1.54) is 30.5 Å². The topological polar surface area (TPSA) is 32.3 Å². The van der Waals surface area contributed by atoms with Crippen LogP contribution in [-0.4, -0.2) is 36.5 Å². The Morgan fingerprint density at radius 2 is 1.54 bits per heavy atom. The third kappa shape index (κ3) is 4.53. The fourth-order valence-electron chi connectivity index (χ4n) is 3.72. The molecule has 3 heteroatoms. The zero-order chi connectivity index (χ0) is 17.8. The van der Waals surface area contributed by atoms with Crippen molar-refractivity contribution in [3.8, 4) is 11.1 Å². The van der Waals surface area contributed by atoms with Crippen LogP contribution in [0.4, 0.5) is 0 Å². The molecule has 3 nitrogen and oxygen atoms in total. The van der Waals surface area contributed by atoms with E-state index < -0.39 is 0 Å². The smallest absolute Gasteiger partial charge is 0.226 e. The Hall–Kier alpha value is -2.13. The maximum Gasteiger partial charge on any atom is 0.226 e. The lowest BCUT2D eigenvalue weighted by molar-refractivity contribution is -0.131. The molecule has 0 atom stereocenters. The Balaban J connectivity index is 1.26. The van der Waals surface area contributed by atoms with Gasteiger partial charge in [-0.05, 0) is 54.8 Å². The van der Waals surface area contributed by atoms with E-state index >= 15 is 0 Å². The first-order chi connectivity index (χ1) is 12.8. The predicted octanol–water partition coefficient (Wildman–Crippen LogP) is 3.89. The zero-order valence-electron chi connectivity index (χ0n) is 15.4. The molecule has 1 saturated heterocycles. The van der Waals surface area contributed by atoms with Crippen molar-refractivity contribution in [1.82, 2.24) is 10.2 Å². The highest BCUT2D eigenvalue weighted by Crippen LogP contribution is 2.28. The van der Waals surface area contributed by atoms with Gasteiger partial charge in [-0.3, -0.25) is 4.79 Å². The molecule has 0 bridgehead atoms. The van der Waals surface area contributed by atoms with Crippen LogP contribution < -0.4 is 5.32 Å². The molecule has 0 radical (unpaired) electrons. The first-order valence-corrected chi connectivity index (χ1v) is 9.93. The number of benzene rings is 2. The first kappa shape index (κ1) is 17.3. The highest BCUT2D eigenvalue weighted by molar-refractivity contribution is 5.79. The van der Waals surface area contributed by atoms with Crippen molar-refractivity contribution in [2.75, 3.05) is 19.6 Å². The normalized spacial score (nSPS) is 18.1. The summed E-state index contributed by atoms with van der Waals surface area (Å²) in [7, 11) is 0. The monoisotopic (exact) mass is 348 g/mol. The van der Waals surface area contributed by atoms with Gasteiger partial charge in [0.05, 0.1) is 6.42 Å². The Morgan fingerprint density at radius 1 is 0.885 bits per heavy atom. The van der Waals surface area contributed by atoms with Crippen LogP contribution in [0.1, 0.15) is 31.2 Å². The van der Waals surface area contributed by atoms with Gasteiger partial charge in [0.1, 0.15) is 0 Å². The predicted molar refractivity (Wildman–Crippen MR) is 106 cm³/mol. The average molecular weight is 348 g/mol. The fourth-order valence-corrected chi connectivity index (χ4v) is 3.72. The summed E-state index contributed by atoms with van der Waals surface area (Å²) in [6.07, 6.45) is 5.48. The van der Waals surface area contributed by atoms with Gasteiger partial charge in [0.2, 0.25) is 5.91 Å². The first-order valence-electron chi connectivity index (χ1n) is 9.93. The lowest BCUT2D eigenvalue weighted by Gasteiger charge is -2.32. The Kier molecular flexibility index (Phi) is 5.35.